The third-order valence-corrected chi connectivity index (χ3v) is 6.44. The SMILES string of the molecule is Cc1cnc(N2CCC(Oc3ccn(-c4ccc(N5CCC(O)C5=O)c(C)n4)c(=O)c3)CC2)nc1. The first-order valence-corrected chi connectivity index (χ1v) is 11.8. The van der Waals surface area contributed by atoms with E-state index in [4.69, 9.17) is 4.74 Å². The molecule has 182 valence electrons. The maximum Gasteiger partial charge on any atom is 0.259 e. The Bertz CT molecular complexity index is 1280. The summed E-state index contributed by atoms with van der Waals surface area (Å²) in [5.41, 5.74) is 2.04. The Morgan fingerprint density at radius 2 is 1.74 bits per heavy atom. The van der Waals surface area contributed by atoms with Crippen molar-refractivity contribution in [3.63, 3.8) is 0 Å². The summed E-state index contributed by atoms with van der Waals surface area (Å²) in [4.78, 5) is 42.0. The van der Waals surface area contributed by atoms with E-state index in [9.17, 15) is 14.7 Å². The van der Waals surface area contributed by atoms with Gasteiger partial charge in [0.15, 0.2) is 0 Å². The number of nitrogens with zero attached hydrogens (tertiary/aromatic N) is 6. The molecule has 1 N–H and O–H groups in total. The monoisotopic (exact) mass is 476 g/mol. The second-order valence-electron chi connectivity index (χ2n) is 9.00. The van der Waals surface area contributed by atoms with Gasteiger partial charge in [-0.05, 0) is 37.6 Å². The van der Waals surface area contributed by atoms with Crippen molar-refractivity contribution in [2.45, 2.75) is 45.3 Å². The van der Waals surface area contributed by atoms with Crippen molar-refractivity contribution in [1.29, 1.82) is 0 Å². The van der Waals surface area contributed by atoms with Crippen LogP contribution in [0.25, 0.3) is 5.82 Å². The van der Waals surface area contributed by atoms with Crippen LogP contribution in [0.5, 0.6) is 5.75 Å². The molecular weight excluding hydrogens is 448 g/mol. The molecule has 1 unspecified atom stereocenters. The number of aliphatic hydroxyl groups is 1. The zero-order valence-electron chi connectivity index (χ0n) is 19.8. The second kappa shape index (κ2) is 9.46. The maximum atomic E-state index is 12.8. The Hall–Kier alpha value is -3.79. The smallest absolute Gasteiger partial charge is 0.259 e. The molecule has 5 heterocycles. The van der Waals surface area contributed by atoms with E-state index in [1.54, 1.807) is 31.3 Å². The number of carbonyl (C=O) groups excluding carboxylic acids is 1. The molecule has 3 aromatic rings. The Labute approximate surface area is 202 Å². The van der Waals surface area contributed by atoms with Crippen LogP contribution in [0.15, 0.2) is 47.7 Å². The van der Waals surface area contributed by atoms with Crippen molar-refractivity contribution in [2.24, 2.45) is 0 Å². The summed E-state index contributed by atoms with van der Waals surface area (Å²) in [7, 11) is 0. The van der Waals surface area contributed by atoms with E-state index in [1.165, 1.54) is 15.5 Å². The second-order valence-corrected chi connectivity index (χ2v) is 9.00. The van der Waals surface area contributed by atoms with Crippen LogP contribution < -0.4 is 20.1 Å². The van der Waals surface area contributed by atoms with Crippen LogP contribution in [0.3, 0.4) is 0 Å². The Kier molecular flexibility index (Phi) is 6.21. The number of aromatic nitrogens is 4. The largest absolute Gasteiger partial charge is 0.490 e. The highest BCUT2D eigenvalue weighted by Gasteiger charge is 2.32. The van der Waals surface area contributed by atoms with Gasteiger partial charge in [-0.3, -0.25) is 14.2 Å². The van der Waals surface area contributed by atoms with Gasteiger partial charge >= 0.3 is 0 Å². The van der Waals surface area contributed by atoms with E-state index < -0.39 is 6.10 Å². The van der Waals surface area contributed by atoms with E-state index in [-0.39, 0.29) is 17.6 Å². The predicted octanol–water partition coefficient (Wildman–Crippen LogP) is 1.78. The van der Waals surface area contributed by atoms with Crippen LogP contribution in [0, 0.1) is 13.8 Å². The highest BCUT2D eigenvalue weighted by molar-refractivity contribution is 5.99. The summed E-state index contributed by atoms with van der Waals surface area (Å²) < 4.78 is 7.54. The number of ether oxygens (including phenoxy) is 1. The summed E-state index contributed by atoms with van der Waals surface area (Å²) in [5.74, 6) is 1.40. The van der Waals surface area contributed by atoms with E-state index >= 15 is 0 Å². The molecule has 10 nitrogen and oxygen atoms in total. The molecule has 2 fully saturated rings. The third kappa shape index (κ3) is 4.74. The van der Waals surface area contributed by atoms with Gasteiger partial charge in [-0.1, -0.05) is 0 Å². The summed E-state index contributed by atoms with van der Waals surface area (Å²) in [6, 6.07) is 6.70. The Balaban J connectivity index is 1.24. The minimum Gasteiger partial charge on any atom is -0.490 e. The standard InChI is InChI=1S/C25H28N6O4/c1-16-14-26-25(27-15-16)29-9-5-18(6-10-29)35-19-7-11-31(23(33)13-19)22-4-3-20(17(2)28-22)30-12-8-21(32)24(30)34/h3-4,7,11,13-15,18,21,32H,5-6,8-10,12H2,1-2H3. The van der Waals surface area contributed by atoms with Crippen molar-refractivity contribution in [3.05, 3.63) is 64.5 Å². The van der Waals surface area contributed by atoms with Crippen LogP contribution in [-0.4, -0.2) is 62.4 Å². The molecule has 2 saturated heterocycles. The summed E-state index contributed by atoms with van der Waals surface area (Å²) in [5, 5.41) is 9.73. The molecule has 2 aliphatic rings. The highest BCUT2D eigenvalue weighted by atomic mass is 16.5. The number of piperidine rings is 1. The summed E-state index contributed by atoms with van der Waals surface area (Å²) >= 11 is 0. The fraction of sp³-hybridized carbons (Fsp3) is 0.400. The molecule has 0 aromatic carbocycles. The van der Waals surface area contributed by atoms with Crippen molar-refractivity contribution >= 4 is 17.5 Å². The molecule has 3 aromatic heterocycles. The van der Waals surface area contributed by atoms with Crippen LogP contribution >= 0.6 is 0 Å². The van der Waals surface area contributed by atoms with Crippen LogP contribution in [0.2, 0.25) is 0 Å². The molecule has 0 radical (unpaired) electrons. The molecule has 2 aliphatic heterocycles. The van der Waals surface area contributed by atoms with Gasteiger partial charge in [-0.25, -0.2) is 15.0 Å². The lowest BCUT2D eigenvalue weighted by Gasteiger charge is -2.32. The van der Waals surface area contributed by atoms with Crippen LogP contribution in [0.4, 0.5) is 11.6 Å². The fourth-order valence-electron chi connectivity index (χ4n) is 4.50. The average Bonchev–Trinajstić information content (AvgIpc) is 3.18. The van der Waals surface area contributed by atoms with Gasteiger partial charge in [0.1, 0.15) is 23.8 Å². The molecule has 1 amide bonds. The predicted molar refractivity (Wildman–Crippen MR) is 130 cm³/mol. The number of hydrogen-bond acceptors (Lipinski definition) is 8. The van der Waals surface area contributed by atoms with E-state index in [0.29, 0.717) is 35.9 Å². The van der Waals surface area contributed by atoms with Gasteiger partial charge in [0, 0.05) is 63.6 Å². The molecule has 1 atom stereocenters. The van der Waals surface area contributed by atoms with Gasteiger partial charge in [0.05, 0.1) is 11.4 Å². The number of hydrogen-bond donors (Lipinski definition) is 1. The highest BCUT2D eigenvalue weighted by Crippen LogP contribution is 2.25. The molecule has 0 saturated carbocycles. The quantitative estimate of drug-likeness (QED) is 0.593. The first-order chi connectivity index (χ1) is 16.9. The minimum absolute atomic E-state index is 0.0138. The first kappa shape index (κ1) is 23.0. The molecule has 0 spiro atoms. The van der Waals surface area contributed by atoms with Crippen molar-refractivity contribution < 1.29 is 14.6 Å². The van der Waals surface area contributed by atoms with Gasteiger partial charge in [0.2, 0.25) is 5.95 Å². The van der Waals surface area contributed by atoms with Crippen molar-refractivity contribution in [2.75, 3.05) is 29.4 Å². The number of amides is 1. The Morgan fingerprint density at radius 3 is 2.37 bits per heavy atom. The Morgan fingerprint density at radius 1 is 1.00 bits per heavy atom. The van der Waals surface area contributed by atoms with Crippen LogP contribution in [0.1, 0.15) is 30.5 Å². The molecule has 35 heavy (non-hydrogen) atoms. The van der Waals surface area contributed by atoms with Gasteiger partial charge in [-0.2, -0.15) is 0 Å². The maximum absolute atomic E-state index is 12.8. The lowest BCUT2D eigenvalue weighted by Crippen LogP contribution is -2.39. The van der Waals surface area contributed by atoms with E-state index in [2.05, 4.69) is 19.9 Å². The minimum atomic E-state index is -0.965. The fourth-order valence-corrected chi connectivity index (χ4v) is 4.50. The van der Waals surface area contributed by atoms with Crippen LogP contribution in [-0.2, 0) is 4.79 Å². The summed E-state index contributed by atoms with van der Waals surface area (Å²) in [6.45, 7) is 5.78. The van der Waals surface area contributed by atoms with Gasteiger partial charge in [-0.15, -0.1) is 0 Å². The first-order valence-electron chi connectivity index (χ1n) is 11.8. The van der Waals surface area contributed by atoms with Crippen molar-refractivity contribution in [3.8, 4) is 11.6 Å². The van der Waals surface area contributed by atoms with Gasteiger partial charge < -0.3 is 19.6 Å². The average molecular weight is 477 g/mol. The lowest BCUT2D eigenvalue weighted by molar-refractivity contribution is -0.124. The van der Waals surface area contributed by atoms with E-state index in [1.807, 2.05) is 19.3 Å². The molecule has 0 bridgehead atoms. The topological polar surface area (TPSA) is 114 Å². The van der Waals surface area contributed by atoms with E-state index in [0.717, 1.165) is 37.4 Å². The number of aryl methyl sites for hydroxylation is 2. The number of anilines is 2. The number of pyridine rings is 2. The zero-order valence-corrected chi connectivity index (χ0v) is 19.8. The number of aliphatic hydroxyl groups excluding tert-OH is 1. The zero-order chi connectivity index (χ0) is 24.5. The number of carbonyl (C=O) groups is 1. The normalized spacial score (nSPS) is 18.8. The molecule has 5 rings (SSSR count). The van der Waals surface area contributed by atoms with Crippen molar-refractivity contribution in [1.82, 2.24) is 19.5 Å². The molecule has 10 heteroatoms. The van der Waals surface area contributed by atoms with Gasteiger partial charge in [0.25, 0.3) is 11.5 Å². The third-order valence-electron chi connectivity index (χ3n) is 6.44. The molecular formula is C25H28N6O4. The molecule has 0 aliphatic carbocycles. The lowest BCUT2D eigenvalue weighted by atomic mass is 10.1. The summed E-state index contributed by atoms with van der Waals surface area (Å²) in [6.07, 6.45) is 6.37. The number of rotatable bonds is 5.